The van der Waals surface area contributed by atoms with Crippen LogP contribution in [-0.2, 0) is 22.5 Å². The average Bonchev–Trinajstić information content (AvgIpc) is 2.82. The zero-order valence-electron chi connectivity index (χ0n) is 18.6. The lowest BCUT2D eigenvalue weighted by molar-refractivity contribution is -0.127. The predicted octanol–water partition coefficient (Wildman–Crippen LogP) is 3.13. The molecule has 0 bridgehead atoms. The van der Waals surface area contributed by atoms with Gasteiger partial charge >= 0.3 is 0 Å². The standard InChI is InChI=1S/C25H30ClN3O3/c1-25(2,28-11-13-32-14-12-28)17-27-23(30)22-15-18-7-3-4-8-19(18)16-29(22)24(31)20-9-5-6-10-21(20)26/h3-10,22H,11-17H2,1-2H3,(H,27,30). The van der Waals surface area contributed by atoms with E-state index < -0.39 is 6.04 Å². The summed E-state index contributed by atoms with van der Waals surface area (Å²) < 4.78 is 5.46. The normalized spacial score (nSPS) is 19.3. The summed E-state index contributed by atoms with van der Waals surface area (Å²) in [6.07, 6.45) is 0.482. The molecular weight excluding hydrogens is 426 g/mol. The molecule has 0 radical (unpaired) electrons. The molecule has 0 aromatic heterocycles. The van der Waals surface area contributed by atoms with Gasteiger partial charge in [-0.15, -0.1) is 0 Å². The molecule has 2 aromatic carbocycles. The third kappa shape index (κ3) is 4.82. The molecule has 0 saturated carbocycles. The Hall–Kier alpha value is -2.41. The minimum Gasteiger partial charge on any atom is -0.379 e. The maximum absolute atomic E-state index is 13.4. The summed E-state index contributed by atoms with van der Waals surface area (Å²) in [5.74, 6) is -0.362. The van der Waals surface area contributed by atoms with Crippen LogP contribution in [0.5, 0.6) is 0 Å². The van der Waals surface area contributed by atoms with Crippen molar-refractivity contribution >= 4 is 23.4 Å². The van der Waals surface area contributed by atoms with Gasteiger partial charge in [0.05, 0.1) is 23.8 Å². The van der Waals surface area contributed by atoms with E-state index in [2.05, 4.69) is 24.1 Å². The quantitative estimate of drug-likeness (QED) is 0.752. The fourth-order valence-electron chi connectivity index (χ4n) is 4.46. The van der Waals surface area contributed by atoms with E-state index in [-0.39, 0.29) is 17.4 Å². The van der Waals surface area contributed by atoms with Gasteiger partial charge in [0.2, 0.25) is 5.91 Å². The molecular formula is C25H30ClN3O3. The van der Waals surface area contributed by atoms with Crippen molar-refractivity contribution < 1.29 is 14.3 Å². The van der Waals surface area contributed by atoms with Crippen LogP contribution in [0.3, 0.4) is 0 Å². The highest BCUT2D eigenvalue weighted by molar-refractivity contribution is 6.33. The highest BCUT2D eigenvalue weighted by Crippen LogP contribution is 2.27. The molecule has 7 heteroatoms. The minimum atomic E-state index is -0.589. The van der Waals surface area contributed by atoms with Crippen molar-refractivity contribution in [1.82, 2.24) is 15.1 Å². The van der Waals surface area contributed by atoms with Crippen LogP contribution in [0.25, 0.3) is 0 Å². The number of halogens is 1. The summed E-state index contributed by atoms with van der Waals surface area (Å²) in [6.45, 7) is 8.23. The van der Waals surface area contributed by atoms with Gasteiger partial charge in [-0.25, -0.2) is 0 Å². The van der Waals surface area contributed by atoms with Crippen LogP contribution in [0, 0.1) is 0 Å². The Kier molecular flexibility index (Phi) is 6.84. The number of nitrogens with zero attached hydrogens (tertiary/aromatic N) is 2. The van der Waals surface area contributed by atoms with Crippen molar-refractivity contribution in [3.8, 4) is 0 Å². The summed E-state index contributed by atoms with van der Waals surface area (Å²) >= 11 is 6.31. The number of fused-ring (bicyclic) bond motifs is 1. The number of ether oxygens (including phenoxy) is 1. The van der Waals surface area contributed by atoms with Gasteiger partial charge < -0.3 is 15.0 Å². The SMILES string of the molecule is CC(C)(CNC(=O)C1Cc2ccccc2CN1C(=O)c1ccccc1Cl)N1CCOCC1. The van der Waals surface area contributed by atoms with Crippen LogP contribution >= 0.6 is 11.6 Å². The molecule has 0 aliphatic carbocycles. The first kappa shape index (κ1) is 22.8. The lowest BCUT2D eigenvalue weighted by Crippen LogP contribution is -2.58. The second kappa shape index (κ2) is 9.61. The van der Waals surface area contributed by atoms with E-state index in [1.807, 2.05) is 24.3 Å². The average molecular weight is 456 g/mol. The highest BCUT2D eigenvalue weighted by Gasteiger charge is 2.37. The van der Waals surface area contributed by atoms with Gasteiger partial charge in [-0.3, -0.25) is 14.5 Å². The van der Waals surface area contributed by atoms with E-state index in [0.717, 1.165) is 24.2 Å². The van der Waals surface area contributed by atoms with Gasteiger partial charge in [-0.2, -0.15) is 0 Å². The van der Waals surface area contributed by atoms with E-state index >= 15 is 0 Å². The number of morpholine rings is 1. The Morgan fingerprint density at radius 3 is 2.44 bits per heavy atom. The smallest absolute Gasteiger partial charge is 0.256 e. The van der Waals surface area contributed by atoms with Gasteiger partial charge in [0.15, 0.2) is 0 Å². The molecule has 1 unspecified atom stereocenters. The first-order chi connectivity index (χ1) is 15.4. The van der Waals surface area contributed by atoms with Gasteiger partial charge in [0.25, 0.3) is 5.91 Å². The molecule has 2 aromatic rings. The molecule has 4 rings (SSSR count). The Labute approximate surface area is 194 Å². The first-order valence-corrected chi connectivity index (χ1v) is 11.5. The molecule has 2 amide bonds. The summed E-state index contributed by atoms with van der Waals surface area (Å²) in [4.78, 5) is 30.8. The molecule has 1 fully saturated rings. The van der Waals surface area contributed by atoms with E-state index in [4.69, 9.17) is 16.3 Å². The van der Waals surface area contributed by atoms with Crippen LogP contribution in [-0.4, -0.2) is 66.0 Å². The Morgan fingerprint density at radius 1 is 1.06 bits per heavy atom. The third-order valence-electron chi connectivity index (χ3n) is 6.48. The molecule has 32 heavy (non-hydrogen) atoms. The monoisotopic (exact) mass is 455 g/mol. The lowest BCUT2D eigenvalue weighted by atomic mass is 9.92. The van der Waals surface area contributed by atoms with Crippen molar-refractivity contribution in [3.05, 3.63) is 70.2 Å². The topological polar surface area (TPSA) is 61.9 Å². The Bertz CT molecular complexity index is 988. The van der Waals surface area contributed by atoms with E-state index in [0.29, 0.717) is 43.3 Å². The number of amides is 2. The fourth-order valence-corrected chi connectivity index (χ4v) is 4.68. The van der Waals surface area contributed by atoms with Crippen LogP contribution in [0.4, 0.5) is 0 Å². The largest absolute Gasteiger partial charge is 0.379 e. The highest BCUT2D eigenvalue weighted by atomic mass is 35.5. The zero-order chi connectivity index (χ0) is 22.7. The summed E-state index contributed by atoms with van der Waals surface area (Å²) in [6, 6.07) is 14.4. The lowest BCUT2D eigenvalue weighted by Gasteiger charge is -2.42. The number of carbonyl (C=O) groups excluding carboxylic acids is 2. The van der Waals surface area contributed by atoms with Gasteiger partial charge in [-0.1, -0.05) is 48.0 Å². The number of hydrogen-bond acceptors (Lipinski definition) is 4. The number of nitrogens with one attached hydrogen (secondary N) is 1. The summed E-state index contributed by atoms with van der Waals surface area (Å²) in [7, 11) is 0. The predicted molar refractivity (Wildman–Crippen MR) is 125 cm³/mol. The van der Waals surface area contributed by atoms with E-state index in [9.17, 15) is 9.59 Å². The van der Waals surface area contributed by atoms with Crippen molar-refractivity contribution in [2.24, 2.45) is 0 Å². The molecule has 2 aliphatic rings. The molecule has 2 heterocycles. The summed E-state index contributed by atoms with van der Waals surface area (Å²) in [5.41, 5.74) is 2.37. The number of benzene rings is 2. The Balaban J connectivity index is 1.54. The van der Waals surface area contributed by atoms with Gasteiger partial charge in [0.1, 0.15) is 6.04 Å². The van der Waals surface area contributed by atoms with Crippen molar-refractivity contribution in [2.45, 2.75) is 38.4 Å². The molecule has 1 N–H and O–H groups in total. The maximum atomic E-state index is 13.4. The first-order valence-electron chi connectivity index (χ1n) is 11.1. The van der Waals surface area contributed by atoms with Crippen molar-refractivity contribution in [2.75, 3.05) is 32.8 Å². The third-order valence-corrected chi connectivity index (χ3v) is 6.81. The van der Waals surface area contributed by atoms with Crippen LogP contribution in [0.1, 0.15) is 35.3 Å². The van der Waals surface area contributed by atoms with Crippen molar-refractivity contribution in [1.29, 1.82) is 0 Å². The van der Waals surface area contributed by atoms with E-state index in [1.165, 1.54) is 0 Å². The van der Waals surface area contributed by atoms with Crippen LogP contribution in [0.2, 0.25) is 5.02 Å². The van der Waals surface area contributed by atoms with Gasteiger partial charge in [-0.05, 0) is 37.1 Å². The van der Waals surface area contributed by atoms with E-state index in [1.54, 1.807) is 29.2 Å². The second-order valence-corrected chi connectivity index (χ2v) is 9.44. The molecule has 2 aliphatic heterocycles. The number of carbonyl (C=O) groups is 2. The minimum absolute atomic E-state index is 0.138. The van der Waals surface area contributed by atoms with Crippen LogP contribution < -0.4 is 5.32 Å². The molecule has 170 valence electrons. The fraction of sp³-hybridized carbons (Fsp3) is 0.440. The maximum Gasteiger partial charge on any atom is 0.256 e. The summed E-state index contributed by atoms with van der Waals surface area (Å²) in [5, 5.41) is 3.52. The number of hydrogen-bond donors (Lipinski definition) is 1. The zero-order valence-corrected chi connectivity index (χ0v) is 19.4. The van der Waals surface area contributed by atoms with Crippen molar-refractivity contribution in [3.63, 3.8) is 0 Å². The molecule has 1 saturated heterocycles. The van der Waals surface area contributed by atoms with Gasteiger partial charge in [0, 0.05) is 38.1 Å². The van der Waals surface area contributed by atoms with Crippen LogP contribution in [0.15, 0.2) is 48.5 Å². The molecule has 0 spiro atoms. The second-order valence-electron chi connectivity index (χ2n) is 9.03. The molecule has 6 nitrogen and oxygen atoms in total. The molecule has 1 atom stereocenters. The number of rotatable bonds is 5. The Morgan fingerprint density at radius 2 is 1.72 bits per heavy atom.